The molecule has 0 fully saturated rings. The minimum Gasteiger partial charge on any atom is -0.480 e. The Hall–Kier alpha value is -0.850. The zero-order valence-corrected chi connectivity index (χ0v) is 15.4. The number of hydrogen-bond donors (Lipinski definition) is 2. The van der Waals surface area contributed by atoms with Crippen molar-refractivity contribution in [3.63, 3.8) is 0 Å². The molecule has 0 bridgehead atoms. The van der Waals surface area contributed by atoms with Gasteiger partial charge in [-0.1, -0.05) is 0 Å². The molecule has 0 aromatic heterocycles. The highest BCUT2D eigenvalue weighted by Crippen LogP contribution is 1.85. The van der Waals surface area contributed by atoms with Crippen molar-refractivity contribution in [3.8, 4) is 0 Å². The quantitative estimate of drug-likeness (QED) is 0.228. The van der Waals surface area contributed by atoms with Gasteiger partial charge in [-0.2, -0.15) is 0 Å². The van der Waals surface area contributed by atoms with Crippen LogP contribution in [0.1, 0.15) is 0 Å². The van der Waals surface area contributed by atoms with Crippen molar-refractivity contribution in [3.05, 3.63) is 0 Å². The summed E-state index contributed by atoms with van der Waals surface area (Å²) in [4.78, 5) is 10.2. The third-order valence-electron chi connectivity index (χ3n) is 2.72. The number of ether oxygens (including phenoxy) is 7. The van der Waals surface area contributed by atoms with Crippen LogP contribution < -0.4 is 5.73 Å². The Balaban J connectivity index is 2.98. The van der Waals surface area contributed by atoms with E-state index in [2.05, 4.69) is 0 Å². The second kappa shape index (κ2) is 22.2. The van der Waals surface area contributed by atoms with Gasteiger partial charge in [0.2, 0.25) is 0 Å². The molecule has 0 unspecified atom stereocenters. The summed E-state index contributed by atoms with van der Waals surface area (Å²) in [6.45, 7) is 6.33. The summed E-state index contributed by atoms with van der Waals surface area (Å²) >= 11 is 0. The molecule has 0 radical (unpaired) electrons. The molecule has 0 saturated carbocycles. The van der Waals surface area contributed by atoms with Gasteiger partial charge in [0.05, 0.1) is 85.9 Å². The predicted molar refractivity (Wildman–Crippen MR) is 92.4 cm³/mol. The fourth-order valence-corrected chi connectivity index (χ4v) is 1.56. The smallest absolute Gasteiger partial charge is 0.329 e. The fourth-order valence-electron chi connectivity index (χ4n) is 1.56. The number of rotatable bonds is 22. The van der Waals surface area contributed by atoms with E-state index in [0.29, 0.717) is 85.8 Å². The van der Waals surface area contributed by atoms with Crippen molar-refractivity contribution >= 4 is 5.97 Å². The molecule has 0 aliphatic carbocycles. The van der Waals surface area contributed by atoms with E-state index in [1.165, 1.54) is 0 Å². The standard InChI is InChI=1S/C16H33NO9/c17-1-2-20-3-4-21-5-6-22-7-8-23-9-10-24-11-12-25-13-14-26-15-16(18)19/h1-15,17H2,(H,18,19). The van der Waals surface area contributed by atoms with Crippen LogP contribution in [0, 0.1) is 0 Å². The summed E-state index contributed by atoms with van der Waals surface area (Å²) in [7, 11) is 0. The first kappa shape index (κ1) is 25.1. The molecule has 0 aromatic carbocycles. The highest BCUT2D eigenvalue weighted by molar-refractivity contribution is 5.67. The number of carbonyl (C=O) groups is 1. The van der Waals surface area contributed by atoms with Crippen LogP contribution in [0.15, 0.2) is 0 Å². The third-order valence-corrected chi connectivity index (χ3v) is 2.72. The highest BCUT2D eigenvalue weighted by Gasteiger charge is 1.96. The first-order valence-electron chi connectivity index (χ1n) is 8.73. The Morgan fingerprint density at radius 3 is 1.08 bits per heavy atom. The number of hydrogen-bond acceptors (Lipinski definition) is 9. The van der Waals surface area contributed by atoms with E-state index in [1.54, 1.807) is 0 Å². The maximum absolute atomic E-state index is 10.2. The van der Waals surface area contributed by atoms with Crippen LogP contribution in [0.25, 0.3) is 0 Å². The van der Waals surface area contributed by atoms with Gasteiger partial charge in [-0.05, 0) is 0 Å². The molecular weight excluding hydrogens is 350 g/mol. The Kier molecular flexibility index (Phi) is 21.5. The van der Waals surface area contributed by atoms with Gasteiger partial charge in [0, 0.05) is 6.54 Å². The normalized spacial score (nSPS) is 11.1. The largest absolute Gasteiger partial charge is 0.480 e. The summed E-state index contributed by atoms with van der Waals surface area (Å²) in [5, 5.41) is 8.35. The summed E-state index contributed by atoms with van der Waals surface area (Å²) in [6, 6.07) is 0. The van der Waals surface area contributed by atoms with Crippen molar-refractivity contribution in [1.82, 2.24) is 0 Å². The van der Waals surface area contributed by atoms with Gasteiger partial charge in [0.25, 0.3) is 0 Å². The Morgan fingerprint density at radius 2 is 0.808 bits per heavy atom. The van der Waals surface area contributed by atoms with E-state index >= 15 is 0 Å². The lowest BCUT2D eigenvalue weighted by Crippen LogP contribution is -2.15. The fraction of sp³-hybridized carbons (Fsp3) is 0.938. The van der Waals surface area contributed by atoms with E-state index < -0.39 is 5.97 Å². The van der Waals surface area contributed by atoms with Crippen molar-refractivity contribution in [2.45, 2.75) is 0 Å². The topological polar surface area (TPSA) is 128 Å². The lowest BCUT2D eigenvalue weighted by molar-refractivity contribution is -0.142. The molecule has 0 heterocycles. The van der Waals surface area contributed by atoms with E-state index in [-0.39, 0.29) is 13.2 Å². The molecule has 0 aromatic rings. The van der Waals surface area contributed by atoms with E-state index in [9.17, 15) is 4.79 Å². The Morgan fingerprint density at radius 1 is 0.538 bits per heavy atom. The zero-order chi connectivity index (χ0) is 19.1. The van der Waals surface area contributed by atoms with Gasteiger partial charge in [0.1, 0.15) is 6.61 Å². The predicted octanol–water partition coefficient (Wildman–Crippen LogP) is -0.854. The molecule has 0 aliphatic heterocycles. The molecular formula is C16H33NO9. The van der Waals surface area contributed by atoms with Crippen LogP contribution in [0.4, 0.5) is 0 Å². The highest BCUT2D eigenvalue weighted by atomic mass is 16.6. The molecule has 3 N–H and O–H groups in total. The maximum atomic E-state index is 10.2. The van der Waals surface area contributed by atoms with Gasteiger partial charge in [-0.3, -0.25) is 0 Å². The van der Waals surface area contributed by atoms with Crippen molar-refractivity contribution < 1.29 is 43.1 Å². The van der Waals surface area contributed by atoms with Gasteiger partial charge < -0.3 is 44.0 Å². The first-order valence-corrected chi connectivity index (χ1v) is 8.73. The molecule has 156 valence electrons. The second-order valence-corrected chi connectivity index (χ2v) is 4.91. The summed E-state index contributed by atoms with van der Waals surface area (Å²) in [5.74, 6) is -0.990. The van der Waals surface area contributed by atoms with Crippen molar-refractivity contribution in [2.24, 2.45) is 5.73 Å². The summed E-state index contributed by atoms with van der Waals surface area (Å²) < 4.78 is 36.5. The van der Waals surface area contributed by atoms with Gasteiger partial charge >= 0.3 is 5.97 Å². The van der Waals surface area contributed by atoms with E-state index in [0.717, 1.165) is 0 Å². The molecule has 26 heavy (non-hydrogen) atoms. The Bertz CT molecular complexity index is 295. The van der Waals surface area contributed by atoms with Crippen molar-refractivity contribution in [1.29, 1.82) is 0 Å². The third kappa shape index (κ3) is 23.1. The monoisotopic (exact) mass is 383 g/mol. The first-order chi connectivity index (χ1) is 12.8. The summed E-state index contributed by atoms with van der Waals surface area (Å²) in [6.07, 6.45) is 0. The lowest BCUT2D eigenvalue weighted by atomic mass is 10.6. The van der Waals surface area contributed by atoms with Crippen molar-refractivity contribution in [2.75, 3.05) is 99.0 Å². The maximum Gasteiger partial charge on any atom is 0.329 e. The number of aliphatic carboxylic acids is 1. The lowest BCUT2D eigenvalue weighted by Gasteiger charge is -2.08. The van der Waals surface area contributed by atoms with Gasteiger partial charge in [-0.15, -0.1) is 0 Å². The number of carboxylic acids is 1. The molecule has 0 spiro atoms. The van der Waals surface area contributed by atoms with Crippen LogP contribution in [-0.4, -0.2) is 110 Å². The van der Waals surface area contributed by atoms with Crippen LogP contribution in [-0.2, 0) is 38.0 Å². The van der Waals surface area contributed by atoms with Gasteiger partial charge in [-0.25, -0.2) is 4.79 Å². The van der Waals surface area contributed by atoms with Crippen LogP contribution in [0.3, 0.4) is 0 Å². The Labute approximate surface area is 154 Å². The molecule has 10 heteroatoms. The van der Waals surface area contributed by atoms with Crippen LogP contribution >= 0.6 is 0 Å². The minimum atomic E-state index is -0.990. The molecule has 0 rings (SSSR count). The average molecular weight is 383 g/mol. The van der Waals surface area contributed by atoms with E-state index in [4.69, 9.17) is 44.0 Å². The molecule has 10 nitrogen and oxygen atoms in total. The van der Waals surface area contributed by atoms with E-state index in [1.807, 2.05) is 0 Å². The molecule has 0 amide bonds. The summed E-state index contributed by atoms with van der Waals surface area (Å²) in [5.41, 5.74) is 5.29. The van der Waals surface area contributed by atoms with Crippen LogP contribution in [0.2, 0.25) is 0 Å². The average Bonchev–Trinajstić information content (AvgIpc) is 2.62. The zero-order valence-electron chi connectivity index (χ0n) is 15.4. The molecule has 0 saturated heterocycles. The van der Waals surface area contributed by atoms with Crippen LogP contribution in [0.5, 0.6) is 0 Å². The SMILES string of the molecule is NCCOCCOCCOCCOCCOCCOCCOCC(=O)O. The number of nitrogens with two attached hydrogens (primary N) is 1. The van der Waals surface area contributed by atoms with Gasteiger partial charge in [0.15, 0.2) is 0 Å². The number of carboxylic acid groups (broad SMARTS) is 1. The second-order valence-electron chi connectivity index (χ2n) is 4.91. The molecule has 0 aliphatic rings. The molecule has 0 atom stereocenters. The minimum absolute atomic E-state index is 0.252.